The largest absolute Gasteiger partial charge is 0.469 e. The second-order valence-corrected chi connectivity index (χ2v) is 7.05. The number of amides is 1. The summed E-state index contributed by atoms with van der Waals surface area (Å²) in [7, 11) is 1.36. The van der Waals surface area contributed by atoms with Gasteiger partial charge in [-0.05, 0) is 20.8 Å². The summed E-state index contributed by atoms with van der Waals surface area (Å²) in [5, 5.41) is 0.734. The lowest BCUT2D eigenvalue weighted by Gasteiger charge is -2.29. The predicted molar refractivity (Wildman–Crippen MR) is 78.2 cm³/mol. The molecule has 1 aromatic rings. The van der Waals surface area contributed by atoms with Crippen LogP contribution in [-0.4, -0.2) is 41.2 Å². The number of esters is 1. The number of hydrogen-bond donors (Lipinski definition) is 0. The number of hydrogen-bond acceptors (Lipinski definition) is 6. The van der Waals surface area contributed by atoms with Crippen LogP contribution in [0.5, 0.6) is 0 Å². The number of methoxy groups -OCH3 is 1. The number of fused-ring (bicyclic) bond motifs is 1. The fraction of sp³-hybridized carbons (Fsp3) is 0.643. The molecule has 0 saturated carbocycles. The minimum Gasteiger partial charge on any atom is -0.469 e. The third-order valence-electron chi connectivity index (χ3n) is 2.95. The Morgan fingerprint density at radius 1 is 1.38 bits per heavy atom. The maximum Gasteiger partial charge on any atom is 0.410 e. The number of rotatable bonds is 2. The Kier molecular flexibility index (Phi) is 4.51. The first kappa shape index (κ1) is 15.8. The van der Waals surface area contributed by atoms with Crippen LogP contribution in [0.15, 0.2) is 0 Å². The van der Waals surface area contributed by atoms with Gasteiger partial charge in [0.25, 0.3) is 0 Å². The number of aromatic nitrogens is 1. The molecule has 1 amide bonds. The molecule has 0 bridgehead atoms. The molecule has 1 aliphatic rings. The van der Waals surface area contributed by atoms with Crippen LogP contribution in [0.3, 0.4) is 0 Å². The summed E-state index contributed by atoms with van der Waals surface area (Å²) in [6.45, 7) is 6.62. The first-order chi connectivity index (χ1) is 9.78. The molecule has 0 spiro atoms. The molecule has 2 heterocycles. The van der Waals surface area contributed by atoms with Gasteiger partial charge in [-0.3, -0.25) is 4.79 Å². The molecule has 21 heavy (non-hydrogen) atoms. The van der Waals surface area contributed by atoms with Crippen molar-refractivity contribution in [2.45, 2.75) is 45.8 Å². The van der Waals surface area contributed by atoms with Gasteiger partial charge >= 0.3 is 12.1 Å². The average Bonchev–Trinajstić information content (AvgIpc) is 2.77. The van der Waals surface area contributed by atoms with E-state index >= 15 is 0 Å². The SMILES string of the molecule is COC(=O)Cc1nc2c(s1)CN(C(=O)OC(C)(C)C)CC2. The van der Waals surface area contributed by atoms with E-state index in [0.717, 1.165) is 15.6 Å². The van der Waals surface area contributed by atoms with Crippen LogP contribution in [-0.2, 0) is 33.7 Å². The molecule has 0 aromatic carbocycles. The van der Waals surface area contributed by atoms with Crippen LogP contribution < -0.4 is 0 Å². The van der Waals surface area contributed by atoms with Crippen molar-refractivity contribution < 1.29 is 19.1 Å². The van der Waals surface area contributed by atoms with E-state index in [1.165, 1.54) is 18.4 Å². The van der Waals surface area contributed by atoms with Crippen LogP contribution in [0, 0.1) is 0 Å². The normalized spacial score (nSPS) is 14.6. The first-order valence-electron chi connectivity index (χ1n) is 6.80. The Balaban J connectivity index is 2.03. The van der Waals surface area contributed by atoms with Gasteiger partial charge in [-0.15, -0.1) is 11.3 Å². The molecule has 116 valence electrons. The molecule has 0 radical (unpaired) electrons. The standard InChI is InChI=1S/C14H20N2O4S/c1-14(2,3)20-13(18)16-6-5-9-10(8-16)21-11(15-9)7-12(17)19-4/h5-8H2,1-4H3. The second-order valence-electron chi connectivity index (χ2n) is 5.88. The highest BCUT2D eigenvalue weighted by atomic mass is 32.1. The molecule has 0 saturated heterocycles. The van der Waals surface area contributed by atoms with E-state index in [4.69, 9.17) is 4.74 Å². The smallest absolute Gasteiger partial charge is 0.410 e. The van der Waals surface area contributed by atoms with E-state index in [2.05, 4.69) is 9.72 Å². The number of ether oxygens (including phenoxy) is 2. The summed E-state index contributed by atoms with van der Waals surface area (Å²) in [5.41, 5.74) is 0.472. The monoisotopic (exact) mass is 312 g/mol. The third-order valence-corrected chi connectivity index (χ3v) is 4.03. The summed E-state index contributed by atoms with van der Waals surface area (Å²) in [4.78, 5) is 30.5. The molecule has 0 unspecified atom stereocenters. The van der Waals surface area contributed by atoms with E-state index < -0.39 is 5.60 Å². The Hall–Kier alpha value is -1.63. The van der Waals surface area contributed by atoms with Gasteiger partial charge in [-0.1, -0.05) is 0 Å². The molecule has 7 heteroatoms. The van der Waals surface area contributed by atoms with Crippen LogP contribution in [0.2, 0.25) is 0 Å². The van der Waals surface area contributed by atoms with E-state index in [-0.39, 0.29) is 18.5 Å². The van der Waals surface area contributed by atoms with Gasteiger partial charge in [0.1, 0.15) is 10.6 Å². The highest BCUT2D eigenvalue weighted by molar-refractivity contribution is 7.11. The van der Waals surface area contributed by atoms with E-state index in [1.807, 2.05) is 20.8 Å². The zero-order chi connectivity index (χ0) is 15.6. The molecule has 0 N–H and O–H groups in total. The lowest BCUT2D eigenvalue weighted by molar-refractivity contribution is -0.139. The maximum absolute atomic E-state index is 12.1. The topological polar surface area (TPSA) is 68.7 Å². The molecule has 0 fully saturated rings. The van der Waals surface area contributed by atoms with Crippen LogP contribution in [0.25, 0.3) is 0 Å². The molecule has 1 aromatic heterocycles. The number of nitrogens with zero attached hydrogens (tertiary/aromatic N) is 2. The van der Waals surface area contributed by atoms with Gasteiger partial charge in [0.2, 0.25) is 0 Å². The Bertz CT molecular complexity index is 548. The summed E-state index contributed by atoms with van der Waals surface area (Å²) in [5.74, 6) is -0.301. The summed E-state index contributed by atoms with van der Waals surface area (Å²) in [6.07, 6.45) is 0.559. The third kappa shape index (κ3) is 4.17. The van der Waals surface area contributed by atoms with Crippen molar-refractivity contribution in [2.75, 3.05) is 13.7 Å². The zero-order valence-corrected chi connectivity index (χ0v) is 13.6. The van der Waals surface area contributed by atoms with Crippen molar-refractivity contribution in [2.24, 2.45) is 0 Å². The van der Waals surface area contributed by atoms with Gasteiger partial charge in [0.15, 0.2) is 0 Å². The van der Waals surface area contributed by atoms with Crippen molar-refractivity contribution in [1.82, 2.24) is 9.88 Å². The van der Waals surface area contributed by atoms with E-state index in [0.29, 0.717) is 19.5 Å². The van der Waals surface area contributed by atoms with Crippen LogP contribution >= 0.6 is 11.3 Å². The Labute approximate surface area is 128 Å². The summed E-state index contributed by atoms with van der Waals surface area (Å²) in [6, 6.07) is 0. The lowest BCUT2D eigenvalue weighted by Crippen LogP contribution is -2.39. The fourth-order valence-corrected chi connectivity index (χ4v) is 3.12. The molecule has 0 atom stereocenters. The Morgan fingerprint density at radius 2 is 2.10 bits per heavy atom. The molecule has 0 aliphatic carbocycles. The van der Waals surface area contributed by atoms with Gasteiger partial charge in [0, 0.05) is 17.8 Å². The van der Waals surface area contributed by atoms with Crippen molar-refractivity contribution in [1.29, 1.82) is 0 Å². The minimum absolute atomic E-state index is 0.181. The fourth-order valence-electron chi connectivity index (χ4n) is 2.00. The van der Waals surface area contributed by atoms with Gasteiger partial charge in [0.05, 0.1) is 25.8 Å². The van der Waals surface area contributed by atoms with E-state index in [9.17, 15) is 9.59 Å². The van der Waals surface area contributed by atoms with Gasteiger partial charge in [-0.2, -0.15) is 0 Å². The predicted octanol–water partition coefficient (Wildman–Crippen LogP) is 2.15. The molecular weight excluding hydrogens is 292 g/mol. The second kappa shape index (κ2) is 6.01. The minimum atomic E-state index is -0.499. The van der Waals surface area contributed by atoms with Crippen molar-refractivity contribution in [3.63, 3.8) is 0 Å². The van der Waals surface area contributed by atoms with Crippen LogP contribution in [0.4, 0.5) is 4.79 Å². The number of carbonyl (C=O) groups excluding carboxylic acids is 2. The lowest BCUT2D eigenvalue weighted by atomic mass is 10.2. The summed E-state index contributed by atoms with van der Waals surface area (Å²) >= 11 is 1.46. The molecule has 1 aliphatic heterocycles. The zero-order valence-electron chi connectivity index (χ0n) is 12.8. The van der Waals surface area contributed by atoms with Crippen molar-refractivity contribution in [3.05, 3.63) is 15.6 Å². The average molecular weight is 312 g/mol. The Morgan fingerprint density at radius 3 is 2.71 bits per heavy atom. The van der Waals surface area contributed by atoms with Gasteiger partial charge < -0.3 is 14.4 Å². The van der Waals surface area contributed by atoms with Crippen LogP contribution in [0.1, 0.15) is 36.3 Å². The van der Waals surface area contributed by atoms with E-state index in [1.54, 1.807) is 4.90 Å². The van der Waals surface area contributed by atoms with Crippen molar-refractivity contribution >= 4 is 23.4 Å². The number of carbonyl (C=O) groups is 2. The summed E-state index contributed by atoms with van der Waals surface area (Å²) < 4.78 is 10.0. The molecule has 6 nitrogen and oxygen atoms in total. The molecular formula is C14H20N2O4S. The first-order valence-corrected chi connectivity index (χ1v) is 7.62. The van der Waals surface area contributed by atoms with Gasteiger partial charge in [-0.25, -0.2) is 9.78 Å². The molecule has 2 rings (SSSR count). The maximum atomic E-state index is 12.1. The van der Waals surface area contributed by atoms with Crippen molar-refractivity contribution in [3.8, 4) is 0 Å². The highest BCUT2D eigenvalue weighted by Gasteiger charge is 2.28. The number of thiazole rings is 1. The quantitative estimate of drug-likeness (QED) is 0.783. The highest BCUT2D eigenvalue weighted by Crippen LogP contribution is 2.26.